The highest BCUT2D eigenvalue weighted by atomic mass is 35.5. The molecule has 1 saturated carbocycles. The minimum absolute atomic E-state index is 0.122. The fourth-order valence-electron chi connectivity index (χ4n) is 2.75. The first-order valence-electron chi connectivity index (χ1n) is 6.16. The van der Waals surface area contributed by atoms with Crippen molar-refractivity contribution in [3.8, 4) is 0 Å². The molecule has 1 aliphatic carbocycles. The Labute approximate surface area is 112 Å². The summed E-state index contributed by atoms with van der Waals surface area (Å²) in [6.45, 7) is 0. The quantitative estimate of drug-likeness (QED) is 0.664. The molecule has 0 saturated heterocycles. The number of rotatable bonds is 3. The predicted octanol–water partition coefficient (Wildman–Crippen LogP) is 5.21. The lowest BCUT2D eigenvalue weighted by Gasteiger charge is -2.36. The van der Waals surface area contributed by atoms with Gasteiger partial charge < -0.3 is 0 Å². The summed E-state index contributed by atoms with van der Waals surface area (Å²) in [6.07, 6.45) is 6.79. The number of hydrogen-bond donors (Lipinski definition) is 0. The topological polar surface area (TPSA) is 0 Å². The van der Waals surface area contributed by atoms with Crippen LogP contribution in [-0.4, -0.2) is 5.88 Å². The highest BCUT2D eigenvalue weighted by molar-refractivity contribution is 6.31. The van der Waals surface area contributed by atoms with E-state index in [2.05, 4.69) is 0 Å². The van der Waals surface area contributed by atoms with E-state index in [0.29, 0.717) is 5.88 Å². The Balaban J connectivity index is 2.20. The molecule has 0 unspecified atom stereocenters. The number of benzene rings is 1. The minimum atomic E-state index is -0.329. The van der Waals surface area contributed by atoms with E-state index in [4.69, 9.17) is 23.2 Å². The van der Waals surface area contributed by atoms with Gasteiger partial charge in [0.1, 0.15) is 5.82 Å². The van der Waals surface area contributed by atoms with E-state index in [1.54, 1.807) is 6.07 Å². The van der Waals surface area contributed by atoms with E-state index in [0.717, 1.165) is 24.8 Å². The number of alkyl halides is 1. The van der Waals surface area contributed by atoms with Crippen LogP contribution in [0.25, 0.3) is 0 Å². The fourth-order valence-corrected chi connectivity index (χ4v) is 3.30. The maximum absolute atomic E-state index is 13.4. The third-order valence-electron chi connectivity index (χ3n) is 3.79. The molecule has 0 amide bonds. The van der Waals surface area contributed by atoms with Crippen LogP contribution in [0.1, 0.15) is 37.7 Å². The maximum Gasteiger partial charge on any atom is 0.142 e. The lowest BCUT2D eigenvalue weighted by atomic mass is 9.72. The molecule has 0 nitrogen and oxygen atoms in total. The molecule has 17 heavy (non-hydrogen) atoms. The van der Waals surface area contributed by atoms with Crippen molar-refractivity contribution >= 4 is 23.2 Å². The summed E-state index contributed by atoms with van der Waals surface area (Å²) in [5.41, 5.74) is 1.02. The fraction of sp³-hybridized carbons (Fsp3) is 0.571. The SMILES string of the molecule is Fc1cccc(CC2(CCl)CCCCC2)c1Cl. The summed E-state index contributed by atoms with van der Waals surface area (Å²) < 4.78 is 13.4. The standard InChI is InChI=1S/C14H17Cl2F/c15-10-14(7-2-1-3-8-14)9-11-5-4-6-12(17)13(11)16/h4-6H,1-3,7-10H2. The Morgan fingerprint density at radius 3 is 2.53 bits per heavy atom. The highest BCUT2D eigenvalue weighted by Crippen LogP contribution is 2.41. The summed E-state index contributed by atoms with van der Waals surface area (Å²) in [7, 11) is 0. The molecular formula is C14H17Cl2F. The summed E-state index contributed by atoms with van der Waals surface area (Å²) in [4.78, 5) is 0. The first kappa shape index (κ1) is 13.2. The monoisotopic (exact) mass is 274 g/mol. The molecule has 0 radical (unpaired) electrons. The second-order valence-corrected chi connectivity index (χ2v) is 5.73. The van der Waals surface area contributed by atoms with Crippen molar-refractivity contribution in [2.24, 2.45) is 5.41 Å². The Morgan fingerprint density at radius 2 is 1.88 bits per heavy atom. The summed E-state index contributed by atoms with van der Waals surface area (Å²) >= 11 is 12.2. The molecule has 1 fully saturated rings. The van der Waals surface area contributed by atoms with Gasteiger partial charge in [0.2, 0.25) is 0 Å². The number of hydrogen-bond acceptors (Lipinski definition) is 0. The van der Waals surface area contributed by atoms with Gasteiger partial charge in [-0.05, 0) is 36.3 Å². The van der Waals surface area contributed by atoms with E-state index in [-0.39, 0.29) is 16.3 Å². The molecule has 0 aliphatic heterocycles. The van der Waals surface area contributed by atoms with Gasteiger partial charge in [-0.2, -0.15) is 0 Å². The molecule has 1 aromatic rings. The number of halogens is 3. The molecule has 0 atom stereocenters. The van der Waals surface area contributed by atoms with Gasteiger partial charge in [-0.1, -0.05) is 43.0 Å². The van der Waals surface area contributed by atoms with E-state index in [1.165, 1.54) is 25.3 Å². The highest BCUT2D eigenvalue weighted by Gasteiger charge is 2.32. The minimum Gasteiger partial charge on any atom is -0.205 e. The van der Waals surface area contributed by atoms with Crippen molar-refractivity contribution in [1.82, 2.24) is 0 Å². The average Bonchev–Trinajstić information content (AvgIpc) is 2.36. The third kappa shape index (κ3) is 2.95. The summed E-state index contributed by atoms with van der Waals surface area (Å²) in [5.74, 6) is 0.310. The Morgan fingerprint density at radius 1 is 1.18 bits per heavy atom. The van der Waals surface area contributed by atoms with E-state index in [1.807, 2.05) is 6.07 Å². The van der Waals surface area contributed by atoms with E-state index in [9.17, 15) is 4.39 Å². The molecule has 1 aliphatic rings. The van der Waals surface area contributed by atoms with Gasteiger partial charge in [-0.15, -0.1) is 11.6 Å². The Hall–Kier alpha value is -0.270. The van der Waals surface area contributed by atoms with Gasteiger partial charge in [-0.25, -0.2) is 4.39 Å². The van der Waals surface area contributed by atoms with Crippen molar-refractivity contribution < 1.29 is 4.39 Å². The molecule has 0 spiro atoms. The van der Waals surface area contributed by atoms with Gasteiger partial charge in [0.05, 0.1) is 5.02 Å². The molecule has 0 bridgehead atoms. The smallest absolute Gasteiger partial charge is 0.142 e. The van der Waals surface area contributed by atoms with Crippen LogP contribution < -0.4 is 0 Å². The van der Waals surface area contributed by atoms with Gasteiger partial charge in [0.15, 0.2) is 0 Å². The molecule has 1 aromatic carbocycles. The van der Waals surface area contributed by atoms with Crippen LogP contribution in [0, 0.1) is 11.2 Å². The zero-order chi connectivity index (χ0) is 12.3. The summed E-state index contributed by atoms with van der Waals surface area (Å²) in [6, 6.07) is 5.04. The molecular weight excluding hydrogens is 258 g/mol. The largest absolute Gasteiger partial charge is 0.205 e. The lowest BCUT2D eigenvalue weighted by Crippen LogP contribution is -2.28. The van der Waals surface area contributed by atoms with Gasteiger partial charge in [0.25, 0.3) is 0 Å². The van der Waals surface area contributed by atoms with E-state index < -0.39 is 0 Å². The average molecular weight is 275 g/mol. The first-order valence-corrected chi connectivity index (χ1v) is 7.07. The Kier molecular flexibility index (Phi) is 4.32. The molecule has 94 valence electrons. The Bertz CT molecular complexity index is 384. The van der Waals surface area contributed by atoms with Crippen molar-refractivity contribution in [2.75, 3.05) is 5.88 Å². The molecule has 0 heterocycles. The van der Waals surface area contributed by atoms with Crippen molar-refractivity contribution in [3.63, 3.8) is 0 Å². The van der Waals surface area contributed by atoms with Gasteiger partial charge in [0, 0.05) is 5.88 Å². The van der Waals surface area contributed by atoms with Crippen LogP contribution >= 0.6 is 23.2 Å². The van der Waals surface area contributed by atoms with Gasteiger partial charge in [-0.3, -0.25) is 0 Å². The third-order valence-corrected chi connectivity index (χ3v) is 4.78. The lowest BCUT2D eigenvalue weighted by molar-refractivity contribution is 0.219. The van der Waals surface area contributed by atoms with Crippen LogP contribution in [0.15, 0.2) is 18.2 Å². The zero-order valence-corrected chi connectivity index (χ0v) is 11.3. The van der Waals surface area contributed by atoms with Crippen molar-refractivity contribution in [3.05, 3.63) is 34.6 Å². The van der Waals surface area contributed by atoms with Crippen LogP contribution in [0.3, 0.4) is 0 Å². The second kappa shape index (κ2) is 5.58. The molecule has 2 rings (SSSR count). The maximum atomic E-state index is 13.4. The van der Waals surface area contributed by atoms with Crippen molar-refractivity contribution in [2.45, 2.75) is 38.5 Å². The second-order valence-electron chi connectivity index (χ2n) is 5.08. The normalized spacial score (nSPS) is 19.2. The van der Waals surface area contributed by atoms with Crippen molar-refractivity contribution in [1.29, 1.82) is 0 Å². The molecule has 0 N–H and O–H groups in total. The van der Waals surface area contributed by atoms with Crippen LogP contribution in [0.4, 0.5) is 4.39 Å². The molecule has 3 heteroatoms. The van der Waals surface area contributed by atoms with Gasteiger partial charge >= 0.3 is 0 Å². The summed E-state index contributed by atoms with van der Waals surface area (Å²) in [5, 5.41) is 0.266. The van der Waals surface area contributed by atoms with Crippen LogP contribution in [0.5, 0.6) is 0 Å². The predicted molar refractivity (Wildman–Crippen MR) is 71.4 cm³/mol. The van der Waals surface area contributed by atoms with E-state index >= 15 is 0 Å². The van der Waals surface area contributed by atoms with Crippen LogP contribution in [0.2, 0.25) is 5.02 Å². The van der Waals surface area contributed by atoms with Crippen LogP contribution in [-0.2, 0) is 6.42 Å². The molecule has 0 aromatic heterocycles. The zero-order valence-electron chi connectivity index (χ0n) is 9.82. The first-order chi connectivity index (χ1) is 8.17.